The smallest absolute Gasteiger partial charge is 0.146 e. The Bertz CT molecular complexity index is 387. The quantitative estimate of drug-likeness (QED) is 0.683. The fourth-order valence-electron chi connectivity index (χ4n) is 1.72. The molecule has 1 aromatic heterocycles. The van der Waals surface area contributed by atoms with Crippen molar-refractivity contribution in [1.82, 2.24) is 9.97 Å². The van der Waals surface area contributed by atoms with Gasteiger partial charge in [-0.25, -0.2) is 9.97 Å². The second-order valence-electron chi connectivity index (χ2n) is 4.82. The predicted octanol–water partition coefficient (Wildman–Crippen LogP) is 2.88. The lowest BCUT2D eigenvalue weighted by molar-refractivity contribution is 0.267. The number of anilines is 2. The van der Waals surface area contributed by atoms with E-state index in [1.165, 1.54) is 0 Å². The molecule has 1 rings (SSSR count). The minimum Gasteiger partial charge on any atom is -0.396 e. The van der Waals surface area contributed by atoms with Crippen molar-refractivity contribution in [1.29, 1.82) is 0 Å². The van der Waals surface area contributed by atoms with Crippen LogP contribution in [0.4, 0.5) is 11.6 Å². The van der Waals surface area contributed by atoms with Crippen molar-refractivity contribution in [2.24, 2.45) is 5.92 Å². The molecule has 1 aromatic rings. The number of hydrogen-bond acceptors (Lipinski definition) is 5. The summed E-state index contributed by atoms with van der Waals surface area (Å²) < 4.78 is 0.840. The highest BCUT2D eigenvalue weighted by molar-refractivity contribution is 9.10. The fourth-order valence-corrected chi connectivity index (χ4v) is 2.18. The van der Waals surface area contributed by atoms with Gasteiger partial charge in [0.25, 0.3) is 0 Å². The first kappa shape index (κ1) is 16.2. The zero-order valence-corrected chi connectivity index (χ0v) is 13.4. The topological polar surface area (TPSA) is 70.1 Å². The average Bonchev–Trinajstić information content (AvgIpc) is 2.38. The molecule has 0 aliphatic carbocycles. The van der Waals surface area contributed by atoms with Gasteiger partial charge in [-0.1, -0.05) is 20.8 Å². The maximum absolute atomic E-state index is 9.11. The average molecular weight is 331 g/mol. The molecule has 0 aromatic carbocycles. The summed E-state index contributed by atoms with van der Waals surface area (Å²) in [6.07, 6.45) is 3.28. The Balaban J connectivity index is 2.82. The van der Waals surface area contributed by atoms with Crippen molar-refractivity contribution in [3.63, 3.8) is 0 Å². The molecule has 0 bridgehead atoms. The van der Waals surface area contributed by atoms with Crippen LogP contribution in [0.2, 0.25) is 0 Å². The van der Waals surface area contributed by atoms with Crippen molar-refractivity contribution in [3.8, 4) is 0 Å². The largest absolute Gasteiger partial charge is 0.396 e. The number of nitrogens with zero attached hydrogens (tertiary/aromatic N) is 2. The van der Waals surface area contributed by atoms with E-state index in [0.29, 0.717) is 12.3 Å². The molecule has 6 heteroatoms. The van der Waals surface area contributed by atoms with E-state index < -0.39 is 0 Å². The van der Waals surface area contributed by atoms with Crippen LogP contribution in [0.15, 0.2) is 10.8 Å². The van der Waals surface area contributed by atoms with E-state index in [1.807, 2.05) is 0 Å². The Morgan fingerprint density at radius 1 is 1.32 bits per heavy atom. The van der Waals surface area contributed by atoms with Gasteiger partial charge in [0.1, 0.15) is 22.4 Å². The lowest BCUT2D eigenvalue weighted by atomic mass is 10.0. The molecule has 0 spiro atoms. The van der Waals surface area contributed by atoms with Crippen LogP contribution in [0.25, 0.3) is 0 Å². The number of aliphatic hydroxyl groups is 1. The third-order valence-corrected chi connectivity index (χ3v) is 3.65. The molecule has 0 saturated heterocycles. The Morgan fingerprint density at radius 2 is 2.00 bits per heavy atom. The molecule has 0 aliphatic rings. The van der Waals surface area contributed by atoms with Gasteiger partial charge in [0, 0.05) is 19.2 Å². The number of rotatable bonds is 8. The molecule has 0 saturated carbocycles. The number of aliphatic hydroxyl groups excluding tert-OH is 1. The minimum absolute atomic E-state index is 0.166. The highest BCUT2D eigenvalue weighted by atomic mass is 79.9. The van der Waals surface area contributed by atoms with Crippen molar-refractivity contribution in [2.75, 3.05) is 23.8 Å². The van der Waals surface area contributed by atoms with E-state index in [9.17, 15) is 0 Å². The molecular weight excluding hydrogens is 308 g/mol. The van der Waals surface area contributed by atoms with Crippen LogP contribution in [0.3, 0.4) is 0 Å². The lowest BCUT2D eigenvalue weighted by Crippen LogP contribution is -2.27. The summed E-state index contributed by atoms with van der Waals surface area (Å²) in [6.45, 7) is 7.40. The zero-order chi connectivity index (χ0) is 14.3. The summed E-state index contributed by atoms with van der Waals surface area (Å²) in [6, 6.07) is 0.190. The van der Waals surface area contributed by atoms with Gasteiger partial charge in [-0.3, -0.25) is 0 Å². The van der Waals surface area contributed by atoms with Gasteiger partial charge in [-0.05, 0) is 34.7 Å². The van der Waals surface area contributed by atoms with Crippen LogP contribution in [-0.2, 0) is 0 Å². The van der Waals surface area contributed by atoms with Gasteiger partial charge in [-0.15, -0.1) is 0 Å². The summed E-state index contributed by atoms with van der Waals surface area (Å²) in [4.78, 5) is 8.48. The van der Waals surface area contributed by atoms with Crippen molar-refractivity contribution >= 4 is 27.6 Å². The van der Waals surface area contributed by atoms with Crippen molar-refractivity contribution < 1.29 is 5.11 Å². The summed E-state index contributed by atoms with van der Waals surface area (Å²) >= 11 is 3.53. The highest BCUT2D eigenvalue weighted by Crippen LogP contribution is 2.28. The third kappa shape index (κ3) is 4.95. The van der Waals surface area contributed by atoms with Crippen molar-refractivity contribution in [3.05, 3.63) is 10.8 Å². The monoisotopic (exact) mass is 330 g/mol. The van der Waals surface area contributed by atoms with Crippen LogP contribution in [0.1, 0.15) is 33.6 Å². The van der Waals surface area contributed by atoms with E-state index in [2.05, 4.69) is 57.3 Å². The van der Waals surface area contributed by atoms with Crippen LogP contribution in [-0.4, -0.2) is 34.3 Å². The number of nitrogens with one attached hydrogen (secondary N) is 2. The molecule has 0 fully saturated rings. The Hall–Kier alpha value is -0.880. The van der Waals surface area contributed by atoms with Gasteiger partial charge < -0.3 is 15.7 Å². The molecule has 108 valence electrons. The normalized spacial score (nSPS) is 12.5. The fraction of sp³-hybridized carbons (Fsp3) is 0.692. The van der Waals surface area contributed by atoms with E-state index in [4.69, 9.17) is 5.11 Å². The lowest BCUT2D eigenvalue weighted by Gasteiger charge is -2.23. The molecule has 0 amide bonds. The maximum atomic E-state index is 9.11. The van der Waals surface area contributed by atoms with Gasteiger partial charge in [0.15, 0.2) is 0 Å². The van der Waals surface area contributed by atoms with Gasteiger partial charge in [0.05, 0.1) is 0 Å². The van der Waals surface area contributed by atoms with E-state index in [0.717, 1.165) is 29.1 Å². The standard InChI is InChI=1S/C13H23BrN4O/c1-4-6-15-12-11(14)13(17-8-16-12)18-10(5-7-19)9(2)3/h8-10,19H,4-7H2,1-3H3,(H2,15,16,17,18). The van der Waals surface area contributed by atoms with Crippen LogP contribution < -0.4 is 10.6 Å². The first-order valence-electron chi connectivity index (χ1n) is 6.71. The molecule has 1 atom stereocenters. The Labute approximate surface area is 123 Å². The molecular formula is C13H23BrN4O. The highest BCUT2D eigenvalue weighted by Gasteiger charge is 2.16. The van der Waals surface area contributed by atoms with Gasteiger partial charge >= 0.3 is 0 Å². The molecule has 5 nitrogen and oxygen atoms in total. The van der Waals surface area contributed by atoms with E-state index >= 15 is 0 Å². The molecule has 0 radical (unpaired) electrons. The number of halogens is 1. The molecule has 19 heavy (non-hydrogen) atoms. The molecule has 1 heterocycles. The summed E-state index contributed by atoms with van der Waals surface area (Å²) in [7, 11) is 0. The van der Waals surface area contributed by atoms with Crippen LogP contribution in [0.5, 0.6) is 0 Å². The third-order valence-electron chi connectivity index (χ3n) is 2.90. The second-order valence-corrected chi connectivity index (χ2v) is 5.61. The molecule has 1 unspecified atom stereocenters. The maximum Gasteiger partial charge on any atom is 0.146 e. The number of hydrogen-bond donors (Lipinski definition) is 3. The summed E-state index contributed by atoms with van der Waals surface area (Å²) in [5.74, 6) is 1.98. The second kappa shape index (κ2) is 8.32. The van der Waals surface area contributed by atoms with Crippen molar-refractivity contribution in [2.45, 2.75) is 39.7 Å². The van der Waals surface area contributed by atoms with E-state index in [1.54, 1.807) is 6.33 Å². The predicted molar refractivity (Wildman–Crippen MR) is 82.5 cm³/mol. The summed E-state index contributed by atoms with van der Waals surface area (Å²) in [5.41, 5.74) is 0. The Kier molecular flexibility index (Phi) is 7.09. The molecule has 0 aliphatic heterocycles. The zero-order valence-electron chi connectivity index (χ0n) is 11.8. The van der Waals surface area contributed by atoms with E-state index in [-0.39, 0.29) is 12.6 Å². The van der Waals surface area contributed by atoms with Crippen LogP contribution >= 0.6 is 15.9 Å². The summed E-state index contributed by atoms with van der Waals surface area (Å²) in [5, 5.41) is 15.7. The van der Waals surface area contributed by atoms with Gasteiger partial charge in [0.2, 0.25) is 0 Å². The SMILES string of the molecule is CCCNc1ncnc(NC(CCO)C(C)C)c1Br. The van der Waals surface area contributed by atoms with Crippen LogP contribution in [0, 0.1) is 5.92 Å². The first-order chi connectivity index (χ1) is 9.10. The molecule has 3 N–H and O–H groups in total. The van der Waals surface area contributed by atoms with Gasteiger partial charge in [-0.2, -0.15) is 0 Å². The Morgan fingerprint density at radius 3 is 2.58 bits per heavy atom. The first-order valence-corrected chi connectivity index (χ1v) is 7.51. The minimum atomic E-state index is 0.166. The number of aromatic nitrogens is 2.